The lowest BCUT2D eigenvalue weighted by Gasteiger charge is -2.17. The van der Waals surface area contributed by atoms with Gasteiger partial charge >= 0.3 is 0 Å². The molecule has 0 radical (unpaired) electrons. The predicted molar refractivity (Wildman–Crippen MR) is 97.2 cm³/mol. The van der Waals surface area contributed by atoms with Crippen LogP contribution in [0.2, 0.25) is 0 Å². The fraction of sp³-hybridized carbons (Fsp3) is 0.368. The summed E-state index contributed by atoms with van der Waals surface area (Å²) in [5.74, 6) is 1.49. The Morgan fingerprint density at radius 2 is 2.21 bits per heavy atom. The zero-order valence-electron chi connectivity index (χ0n) is 13.9. The number of aryl methyl sites for hydroxylation is 1. The summed E-state index contributed by atoms with van der Waals surface area (Å²) < 4.78 is 7.10. The first-order valence-electron chi connectivity index (χ1n) is 8.29. The van der Waals surface area contributed by atoms with Crippen molar-refractivity contribution in [3.8, 4) is 5.75 Å². The van der Waals surface area contributed by atoms with Crippen molar-refractivity contribution in [2.45, 2.75) is 32.7 Å². The maximum atomic E-state index is 13.0. The van der Waals surface area contributed by atoms with Crippen molar-refractivity contribution in [3.05, 3.63) is 57.0 Å². The minimum atomic E-state index is 0.0676. The molecule has 1 aromatic carbocycles. The van der Waals surface area contributed by atoms with E-state index in [4.69, 9.17) is 4.74 Å². The standard InChI is InChI=1S/C19H20N2O2S/c1-12-7-8-14-16(9-12)24-18-17(14)19(22)21(11-20-18)10-13-5-3-4-6-15(13)23-2/h3-6,11-12H,7-10H2,1-2H3/t12-/m1/s1. The van der Waals surface area contributed by atoms with Gasteiger partial charge in [0, 0.05) is 10.4 Å². The molecule has 4 rings (SSSR count). The molecule has 0 spiro atoms. The van der Waals surface area contributed by atoms with E-state index in [0.717, 1.165) is 40.8 Å². The number of ether oxygens (including phenoxy) is 1. The number of hydrogen-bond donors (Lipinski definition) is 0. The van der Waals surface area contributed by atoms with Crippen LogP contribution in [-0.4, -0.2) is 16.7 Å². The van der Waals surface area contributed by atoms with E-state index in [0.29, 0.717) is 12.5 Å². The number of thiophene rings is 1. The zero-order chi connectivity index (χ0) is 16.7. The van der Waals surface area contributed by atoms with Gasteiger partial charge in [-0.25, -0.2) is 4.98 Å². The first-order valence-corrected chi connectivity index (χ1v) is 9.10. The number of rotatable bonds is 3. The quantitative estimate of drug-likeness (QED) is 0.731. The van der Waals surface area contributed by atoms with Crippen LogP contribution in [0.4, 0.5) is 0 Å². The van der Waals surface area contributed by atoms with Gasteiger partial charge in [0.25, 0.3) is 5.56 Å². The molecule has 5 heteroatoms. The molecule has 0 N–H and O–H groups in total. The van der Waals surface area contributed by atoms with Gasteiger partial charge in [-0.1, -0.05) is 25.1 Å². The Morgan fingerprint density at radius 1 is 1.38 bits per heavy atom. The number of para-hydroxylation sites is 1. The maximum Gasteiger partial charge on any atom is 0.262 e. The summed E-state index contributed by atoms with van der Waals surface area (Å²) in [6.07, 6.45) is 4.89. The third-order valence-corrected chi connectivity index (χ3v) is 5.98. The van der Waals surface area contributed by atoms with Gasteiger partial charge in [-0.3, -0.25) is 9.36 Å². The van der Waals surface area contributed by atoms with Crippen molar-refractivity contribution in [2.24, 2.45) is 5.92 Å². The molecule has 0 fully saturated rings. The molecule has 2 aromatic heterocycles. The summed E-state index contributed by atoms with van der Waals surface area (Å²) in [7, 11) is 1.65. The number of aromatic nitrogens is 2. The highest BCUT2D eigenvalue weighted by Crippen LogP contribution is 2.35. The van der Waals surface area contributed by atoms with Crippen LogP contribution < -0.4 is 10.3 Å². The van der Waals surface area contributed by atoms with E-state index in [9.17, 15) is 4.79 Å². The molecule has 124 valence electrons. The Kier molecular flexibility index (Phi) is 3.88. The lowest BCUT2D eigenvalue weighted by Crippen LogP contribution is -2.22. The molecular formula is C19H20N2O2S. The second-order valence-electron chi connectivity index (χ2n) is 6.52. The number of methoxy groups -OCH3 is 1. The van der Waals surface area contributed by atoms with E-state index in [1.54, 1.807) is 29.3 Å². The fourth-order valence-corrected chi connectivity index (χ4v) is 4.84. The molecular weight excluding hydrogens is 320 g/mol. The molecule has 0 aliphatic heterocycles. The molecule has 0 amide bonds. The molecule has 0 saturated carbocycles. The van der Waals surface area contributed by atoms with Crippen LogP contribution in [0, 0.1) is 5.92 Å². The third kappa shape index (κ3) is 2.53. The van der Waals surface area contributed by atoms with Gasteiger partial charge in [0.1, 0.15) is 10.6 Å². The van der Waals surface area contributed by atoms with E-state index in [1.165, 1.54) is 10.4 Å². The molecule has 1 aliphatic carbocycles. The topological polar surface area (TPSA) is 44.1 Å². The van der Waals surface area contributed by atoms with Gasteiger partial charge in [0.15, 0.2) is 0 Å². The molecule has 4 nitrogen and oxygen atoms in total. The second kappa shape index (κ2) is 6.06. The van der Waals surface area contributed by atoms with Gasteiger partial charge < -0.3 is 4.74 Å². The maximum absolute atomic E-state index is 13.0. The SMILES string of the molecule is COc1ccccc1Cn1cnc2sc3c(c2c1=O)CC[C@@H](C)C3. The molecule has 2 heterocycles. The Labute approximate surface area is 144 Å². The summed E-state index contributed by atoms with van der Waals surface area (Å²) in [5.41, 5.74) is 2.29. The molecule has 3 aromatic rings. The zero-order valence-corrected chi connectivity index (χ0v) is 14.7. The van der Waals surface area contributed by atoms with Gasteiger partial charge in [-0.05, 0) is 36.8 Å². The average Bonchev–Trinajstić information content (AvgIpc) is 2.96. The fourth-order valence-electron chi connectivity index (χ4n) is 3.50. The van der Waals surface area contributed by atoms with Crippen LogP contribution >= 0.6 is 11.3 Å². The van der Waals surface area contributed by atoms with Crippen molar-refractivity contribution in [1.29, 1.82) is 0 Å². The lowest BCUT2D eigenvalue weighted by atomic mass is 9.89. The van der Waals surface area contributed by atoms with Gasteiger partial charge in [0.2, 0.25) is 0 Å². The van der Waals surface area contributed by atoms with Crippen molar-refractivity contribution >= 4 is 21.6 Å². The molecule has 1 atom stereocenters. The Balaban J connectivity index is 1.80. The van der Waals surface area contributed by atoms with Crippen molar-refractivity contribution in [2.75, 3.05) is 7.11 Å². The monoisotopic (exact) mass is 340 g/mol. The highest BCUT2D eigenvalue weighted by Gasteiger charge is 2.23. The molecule has 0 unspecified atom stereocenters. The van der Waals surface area contributed by atoms with Gasteiger partial charge in [-0.2, -0.15) is 0 Å². The number of nitrogens with zero attached hydrogens (tertiary/aromatic N) is 2. The van der Waals surface area contributed by atoms with Crippen LogP contribution in [0.15, 0.2) is 35.4 Å². The first-order chi connectivity index (χ1) is 11.7. The van der Waals surface area contributed by atoms with Gasteiger partial charge in [-0.15, -0.1) is 11.3 Å². The largest absolute Gasteiger partial charge is 0.496 e. The lowest BCUT2D eigenvalue weighted by molar-refractivity contribution is 0.408. The van der Waals surface area contributed by atoms with E-state index < -0.39 is 0 Å². The number of hydrogen-bond acceptors (Lipinski definition) is 4. The predicted octanol–water partition coefficient (Wildman–Crippen LogP) is 3.64. The van der Waals surface area contributed by atoms with Crippen LogP contribution in [0.3, 0.4) is 0 Å². The Morgan fingerprint density at radius 3 is 3.04 bits per heavy atom. The van der Waals surface area contributed by atoms with Crippen LogP contribution in [0.5, 0.6) is 5.75 Å². The van der Waals surface area contributed by atoms with E-state index in [1.807, 2.05) is 24.3 Å². The highest BCUT2D eigenvalue weighted by molar-refractivity contribution is 7.18. The number of fused-ring (bicyclic) bond motifs is 3. The summed E-state index contributed by atoms with van der Waals surface area (Å²) in [4.78, 5) is 19.8. The van der Waals surface area contributed by atoms with Crippen molar-refractivity contribution in [1.82, 2.24) is 9.55 Å². The first kappa shape index (κ1) is 15.4. The minimum Gasteiger partial charge on any atom is -0.496 e. The van der Waals surface area contributed by atoms with Crippen LogP contribution in [-0.2, 0) is 19.4 Å². The summed E-state index contributed by atoms with van der Waals surface area (Å²) in [5, 5.41) is 0.833. The summed E-state index contributed by atoms with van der Waals surface area (Å²) >= 11 is 1.69. The summed E-state index contributed by atoms with van der Waals surface area (Å²) in [6.45, 7) is 2.76. The Bertz CT molecular complexity index is 958. The smallest absolute Gasteiger partial charge is 0.262 e. The molecule has 24 heavy (non-hydrogen) atoms. The van der Waals surface area contributed by atoms with Gasteiger partial charge in [0.05, 0.1) is 25.4 Å². The number of benzene rings is 1. The second-order valence-corrected chi connectivity index (χ2v) is 7.61. The Hall–Kier alpha value is -2.14. The molecule has 0 saturated heterocycles. The minimum absolute atomic E-state index is 0.0676. The summed E-state index contributed by atoms with van der Waals surface area (Å²) in [6, 6.07) is 7.80. The van der Waals surface area contributed by atoms with Crippen molar-refractivity contribution in [3.63, 3.8) is 0 Å². The van der Waals surface area contributed by atoms with E-state index >= 15 is 0 Å². The highest BCUT2D eigenvalue weighted by atomic mass is 32.1. The normalized spacial score (nSPS) is 17.0. The molecule has 1 aliphatic rings. The average molecular weight is 340 g/mol. The van der Waals surface area contributed by atoms with Crippen LogP contribution in [0.1, 0.15) is 29.3 Å². The van der Waals surface area contributed by atoms with Crippen molar-refractivity contribution < 1.29 is 4.74 Å². The van der Waals surface area contributed by atoms with Crippen LogP contribution in [0.25, 0.3) is 10.2 Å². The molecule has 0 bridgehead atoms. The third-order valence-electron chi connectivity index (χ3n) is 4.82. The van der Waals surface area contributed by atoms with E-state index in [-0.39, 0.29) is 5.56 Å². The van der Waals surface area contributed by atoms with E-state index in [2.05, 4.69) is 11.9 Å².